The molecule has 0 amide bonds. The number of aliphatic hydroxyl groups is 1. The number of fused-ring (bicyclic) bond motifs is 2. The number of piperidine rings is 1. The minimum absolute atomic E-state index is 0.342. The molecule has 5 heteroatoms. The first kappa shape index (κ1) is 20.8. The first-order chi connectivity index (χ1) is 14.6. The second-order valence-corrected chi connectivity index (χ2v) is 8.27. The Bertz CT molecular complexity index is 865. The SMILES string of the molecule is C=CCOc1c(CN2C3CCC2CC(O)(c2ccc(OC)cc2)C3)cccc1OC. The highest BCUT2D eigenvalue weighted by molar-refractivity contribution is 5.47. The van der Waals surface area contributed by atoms with Crippen molar-refractivity contribution in [1.82, 2.24) is 4.90 Å². The fourth-order valence-electron chi connectivity index (χ4n) is 5.06. The Morgan fingerprint density at radius 2 is 1.77 bits per heavy atom. The van der Waals surface area contributed by atoms with E-state index in [1.807, 2.05) is 36.4 Å². The summed E-state index contributed by atoms with van der Waals surface area (Å²) in [7, 11) is 3.33. The molecule has 2 atom stereocenters. The van der Waals surface area contributed by atoms with Gasteiger partial charge in [0.2, 0.25) is 0 Å². The van der Waals surface area contributed by atoms with Crippen molar-refractivity contribution >= 4 is 0 Å². The second kappa shape index (κ2) is 8.70. The van der Waals surface area contributed by atoms with Gasteiger partial charge in [-0.3, -0.25) is 4.90 Å². The summed E-state index contributed by atoms with van der Waals surface area (Å²) in [5, 5.41) is 11.5. The molecule has 0 radical (unpaired) electrons. The van der Waals surface area contributed by atoms with Gasteiger partial charge in [-0.1, -0.05) is 36.9 Å². The average molecular weight is 410 g/mol. The fraction of sp³-hybridized carbons (Fsp3) is 0.440. The van der Waals surface area contributed by atoms with Crippen molar-refractivity contribution < 1.29 is 19.3 Å². The molecule has 0 aromatic heterocycles. The van der Waals surface area contributed by atoms with Crippen molar-refractivity contribution in [3.05, 3.63) is 66.2 Å². The minimum Gasteiger partial charge on any atom is -0.497 e. The topological polar surface area (TPSA) is 51.2 Å². The summed E-state index contributed by atoms with van der Waals surface area (Å²) in [6, 6.07) is 14.6. The molecule has 30 heavy (non-hydrogen) atoms. The third-order valence-corrected chi connectivity index (χ3v) is 6.52. The van der Waals surface area contributed by atoms with E-state index in [1.54, 1.807) is 20.3 Å². The molecule has 0 aliphatic carbocycles. The molecule has 2 aliphatic heterocycles. The first-order valence-electron chi connectivity index (χ1n) is 10.6. The molecule has 2 fully saturated rings. The summed E-state index contributed by atoms with van der Waals surface area (Å²) in [5.41, 5.74) is 1.31. The van der Waals surface area contributed by atoms with E-state index < -0.39 is 5.60 Å². The maximum absolute atomic E-state index is 11.5. The monoisotopic (exact) mass is 409 g/mol. The summed E-state index contributed by atoms with van der Waals surface area (Å²) in [5.74, 6) is 2.34. The van der Waals surface area contributed by atoms with Crippen LogP contribution in [0.2, 0.25) is 0 Å². The molecule has 2 aliphatic rings. The van der Waals surface area contributed by atoms with Crippen molar-refractivity contribution in [2.75, 3.05) is 20.8 Å². The van der Waals surface area contributed by atoms with Crippen LogP contribution < -0.4 is 14.2 Å². The summed E-state index contributed by atoms with van der Waals surface area (Å²) >= 11 is 0. The lowest BCUT2D eigenvalue weighted by Gasteiger charge is -2.44. The van der Waals surface area contributed by atoms with Crippen LogP contribution in [0.25, 0.3) is 0 Å². The Hall–Kier alpha value is -2.50. The highest BCUT2D eigenvalue weighted by Crippen LogP contribution is 2.47. The van der Waals surface area contributed by atoms with Crippen LogP contribution >= 0.6 is 0 Å². The van der Waals surface area contributed by atoms with Gasteiger partial charge in [0.1, 0.15) is 12.4 Å². The average Bonchev–Trinajstić information content (AvgIpc) is 3.01. The quantitative estimate of drug-likeness (QED) is 0.660. The van der Waals surface area contributed by atoms with Gasteiger partial charge >= 0.3 is 0 Å². The number of hydrogen-bond acceptors (Lipinski definition) is 5. The van der Waals surface area contributed by atoms with Gasteiger partial charge in [-0.05, 0) is 49.4 Å². The summed E-state index contributed by atoms with van der Waals surface area (Å²) < 4.78 is 16.7. The lowest BCUT2D eigenvalue weighted by atomic mass is 9.80. The predicted molar refractivity (Wildman–Crippen MR) is 117 cm³/mol. The number of benzene rings is 2. The molecular weight excluding hydrogens is 378 g/mol. The fourth-order valence-corrected chi connectivity index (χ4v) is 5.06. The molecule has 2 unspecified atom stereocenters. The van der Waals surface area contributed by atoms with Crippen LogP contribution in [0.3, 0.4) is 0 Å². The number of rotatable bonds is 8. The van der Waals surface area contributed by atoms with E-state index in [4.69, 9.17) is 14.2 Å². The van der Waals surface area contributed by atoms with Crippen molar-refractivity contribution in [2.24, 2.45) is 0 Å². The van der Waals surface area contributed by atoms with Crippen LogP contribution in [0.4, 0.5) is 0 Å². The van der Waals surface area contributed by atoms with Crippen molar-refractivity contribution in [1.29, 1.82) is 0 Å². The number of methoxy groups -OCH3 is 2. The number of nitrogens with zero attached hydrogens (tertiary/aromatic N) is 1. The van der Waals surface area contributed by atoms with E-state index in [2.05, 4.69) is 17.5 Å². The lowest BCUT2D eigenvalue weighted by molar-refractivity contribution is -0.0596. The van der Waals surface area contributed by atoms with E-state index in [0.717, 1.165) is 60.6 Å². The van der Waals surface area contributed by atoms with Gasteiger partial charge < -0.3 is 19.3 Å². The molecule has 2 bridgehead atoms. The highest BCUT2D eigenvalue weighted by Gasteiger charge is 2.48. The Morgan fingerprint density at radius 3 is 2.37 bits per heavy atom. The molecular formula is C25H31NO4. The van der Waals surface area contributed by atoms with Gasteiger partial charge in [0, 0.05) is 24.2 Å². The lowest BCUT2D eigenvalue weighted by Crippen LogP contribution is -2.49. The van der Waals surface area contributed by atoms with Crippen LogP contribution in [0.1, 0.15) is 36.8 Å². The standard InChI is InChI=1S/C25H31NO4/c1-4-14-30-24-18(6-5-7-23(24)29-3)17-26-20-10-11-21(26)16-25(27,15-20)19-8-12-22(28-2)13-9-19/h4-9,12-13,20-21,27H,1,10-11,14-17H2,2-3H3. The zero-order valence-corrected chi connectivity index (χ0v) is 17.8. The summed E-state index contributed by atoms with van der Waals surface area (Å²) in [4.78, 5) is 2.54. The van der Waals surface area contributed by atoms with Gasteiger partial charge in [-0.2, -0.15) is 0 Å². The molecule has 5 nitrogen and oxygen atoms in total. The van der Waals surface area contributed by atoms with Crippen molar-refractivity contribution in [3.63, 3.8) is 0 Å². The molecule has 2 aromatic carbocycles. The normalized spacial score (nSPS) is 25.7. The Balaban J connectivity index is 1.54. The van der Waals surface area contributed by atoms with Gasteiger partial charge in [-0.15, -0.1) is 0 Å². The largest absolute Gasteiger partial charge is 0.497 e. The second-order valence-electron chi connectivity index (χ2n) is 8.27. The molecule has 0 saturated carbocycles. The smallest absolute Gasteiger partial charge is 0.166 e. The molecule has 1 N–H and O–H groups in total. The number of hydrogen-bond donors (Lipinski definition) is 1. The van der Waals surface area contributed by atoms with Gasteiger partial charge in [0.15, 0.2) is 11.5 Å². The van der Waals surface area contributed by atoms with Gasteiger partial charge in [0.05, 0.1) is 19.8 Å². The van der Waals surface area contributed by atoms with E-state index >= 15 is 0 Å². The van der Waals surface area contributed by atoms with Gasteiger partial charge in [0.25, 0.3) is 0 Å². The Labute approximate surface area is 178 Å². The van der Waals surface area contributed by atoms with Crippen LogP contribution in [0, 0.1) is 0 Å². The van der Waals surface area contributed by atoms with Crippen molar-refractivity contribution in [2.45, 2.75) is 49.9 Å². The molecule has 2 aromatic rings. The highest BCUT2D eigenvalue weighted by atomic mass is 16.5. The summed E-state index contributed by atoms with van der Waals surface area (Å²) in [6.07, 6.45) is 5.44. The van der Waals surface area contributed by atoms with E-state index in [1.165, 1.54) is 0 Å². The maximum atomic E-state index is 11.5. The molecule has 2 heterocycles. The minimum atomic E-state index is -0.787. The number of ether oxygens (including phenoxy) is 3. The first-order valence-corrected chi connectivity index (χ1v) is 10.6. The van der Waals surface area contributed by atoms with Crippen LogP contribution in [-0.2, 0) is 12.1 Å². The third kappa shape index (κ3) is 3.92. The van der Waals surface area contributed by atoms with Crippen molar-refractivity contribution in [3.8, 4) is 17.2 Å². The zero-order chi connectivity index (χ0) is 21.1. The van der Waals surface area contributed by atoms with E-state index in [9.17, 15) is 5.11 Å². The van der Waals surface area contributed by atoms with Gasteiger partial charge in [-0.25, -0.2) is 0 Å². The van der Waals surface area contributed by atoms with E-state index in [-0.39, 0.29) is 0 Å². The Kier molecular flexibility index (Phi) is 6.02. The zero-order valence-electron chi connectivity index (χ0n) is 17.8. The van der Waals surface area contributed by atoms with Crippen LogP contribution in [-0.4, -0.2) is 42.9 Å². The molecule has 2 saturated heterocycles. The molecule has 160 valence electrons. The van der Waals surface area contributed by atoms with E-state index in [0.29, 0.717) is 18.7 Å². The number of para-hydroxylation sites is 1. The molecule has 0 spiro atoms. The predicted octanol–water partition coefficient (Wildman–Crippen LogP) is 4.28. The molecule has 4 rings (SSSR count). The summed E-state index contributed by atoms with van der Waals surface area (Å²) in [6.45, 7) is 4.99. The van der Waals surface area contributed by atoms with Crippen LogP contribution in [0.15, 0.2) is 55.1 Å². The third-order valence-electron chi connectivity index (χ3n) is 6.52. The Morgan fingerprint density at radius 1 is 1.07 bits per heavy atom. The maximum Gasteiger partial charge on any atom is 0.166 e. The van der Waals surface area contributed by atoms with Crippen LogP contribution in [0.5, 0.6) is 17.2 Å².